The number of amides is 1. The zero-order chi connectivity index (χ0) is 21.1. The maximum Gasteiger partial charge on any atom is 0.338 e. The first kappa shape index (κ1) is 21.7. The highest BCUT2D eigenvalue weighted by Crippen LogP contribution is 2.28. The van der Waals surface area contributed by atoms with E-state index in [1.165, 1.54) is 31.2 Å². The second-order valence-electron chi connectivity index (χ2n) is 6.96. The van der Waals surface area contributed by atoms with Gasteiger partial charge in [-0.05, 0) is 44.9 Å². The Kier molecular flexibility index (Phi) is 6.31. The van der Waals surface area contributed by atoms with Crippen molar-refractivity contribution in [3.8, 4) is 11.8 Å². The van der Waals surface area contributed by atoms with Gasteiger partial charge in [-0.2, -0.15) is 5.26 Å². The fraction of sp³-hybridized carbons (Fsp3) is 0.500. The van der Waals surface area contributed by atoms with Crippen LogP contribution in [0.1, 0.15) is 37.0 Å². The monoisotopic (exact) mass is 409 g/mol. The lowest BCUT2D eigenvalue weighted by molar-refractivity contribution is -0.136. The van der Waals surface area contributed by atoms with Crippen LogP contribution in [0.4, 0.5) is 0 Å². The fourth-order valence-electron chi connectivity index (χ4n) is 2.19. The number of benzene rings is 1. The SMILES string of the molecule is COc1ccc(C(=O)OCC(=O)N(C)C(C)(C)C#N)cc1S(=O)(=O)NC1CC1. The summed E-state index contributed by atoms with van der Waals surface area (Å²) in [6.07, 6.45) is 1.52. The molecule has 0 aromatic heterocycles. The minimum Gasteiger partial charge on any atom is -0.495 e. The highest BCUT2D eigenvalue weighted by atomic mass is 32.2. The maximum atomic E-state index is 12.5. The van der Waals surface area contributed by atoms with E-state index in [4.69, 9.17) is 14.7 Å². The second-order valence-corrected chi connectivity index (χ2v) is 8.64. The van der Waals surface area contributed by atoms with Crippen LogP contribution in [0.15, 0.2) is 23.1 Å². The summed E-state index contributed by atoms with van der Waals surface area (Å²) >= 11 is 0. The van der Waals surface area contributed by atoms with Crippen molar-refractivity contribution in [1.82, 2.24) is 9.62 Å². The van der Waals surface area contributed by atoms with E-state index in [0.29, 0.717) is 0 Å². The van der Waals surface area contributed by atoms with Crippen LogP contribution in [-0.2, 0) is 19.6 Å². The molecule has 0 heterocycles. The molecule has 2 rings (SSSR count). The Labute approximate surface area is 164 Å². The summed E-state index contributed by atoms with van der Waals surface area (Å²) in [5, 5.41) is 9.07. The minimum atomic E-state index is -3.86. The number of carbonyl (C=O) groups excluding carboxylic acids is 2. The average molecular weight is 409 g/mol. The van der Waals surface area contributed by atoms with Crippen molar-refractivity contribution >= 4 is 21.9 Å². The van der Waals surface area contributed by atoms with Gasteiger partial charge in [0.1, 0.15) is 16.2 Å². The molecule has 0 spiro atoms. The molecular weight excluding hydrogens is 386 g/mol. The molecule has 9 nitrogen and oxygen atoms in total. The summed E-state index contributed by atoms with van der Waals surface area (Å²) in [4.78, 5) is 25.4. The van der Waals surface area contributed by atoms with Crippen LogP contribution >= 0.6 is 0 Å². The zero-order valence-corrected chi connectivity index (χ0v) is 17.0. The van der Waals surface area contributed by atoms with E-state index in [2.05, 4.69) is 4.72 Å². The number of esters is 1. The smallest absolute Gasteiger partial charge is 0.338 e. The molecule has 0 radical (unpaired) electrons. The van der Waals surface area contributed by atoms with E-state index in [0.717, 1.165) is 18.9 Å². The van der Waals surface area contributed by atoms with Crippen molar-refractivity contribution < 1.29 is 27.5 Å². The summed E-state index contributed by atoms with van der Waals surface area (Å²) in [7, 11) is -1.10. The Morgan fingerprint density at radius 2 is 2.00 bits per heavy atom. The van der Waals surface area contributed by atoms with Gasteiger partial charge in [0, 0.05) is 13.1 Å². The average Bonchev–Trinajstić information content (AvgIpc) is 3.47. The van der Waals surface area contributed by atoms with Gasteiger partial charge in [-0.25, -0.2) is 17.9 Å². The number of likely N-dealkylation sites (N-methyl/N-ethyl adjacent to an activating group) is 1. The number of nitriles is 1. The number of nitrogens with zero attached hydrogens (tertiary/aromatic N) is 2. The first-order valence-electron chi connectivity index (χ1n) is 8.57. The van der Waals surface area contributed by atoms with E-state index >= 15 is 0 Å². The van der Waals surface area contributed by atoms with Crippen molar-refractivity contribution in [3.63, 3.8) is 0 Å². The van der Waals surface area contributed by atoms with Gasteiger partial charge in [0.25, 0.3) is 5.91 Å². The Morgan fingerprint density at radius 3 is 2.54 bits per heavy atom. The van der Waals surface area contributed by atoms with Crippen LogP contribution < -0.4 is 9.46 Å². The topological polar surface area (TPSA) is 126 Å². The molecule has 0 atom stereocenters. The number of rotatable bonds is 8. The van der Waals surface area contributed by atoms with E-state index in [-0.39, 0.29) is 22.3 Å². The van der Waals surface area contributed by atoms with Gasteiger partial charge in [0.15, 0.2) is 6.61 Å². The summed E-state index contributed by atoms with van der Waals surface area (Å²) in [5.41, 5.74) is -1.09. The molecule has 1 aliphatic rings. The first-order valence-corrected chi connectivity index (χ1v) is 10.1. The maximum absolute atomic E-state index is 12.5. The molecule has 0 saturated heterocycles. The highest BCUT2D eigenvalue weighted by molar-refractivity contribution is 7.89. The molecule has 10 heteroatoms. The highest BCUT2D eigenvalue weighted by Gasteiger charge is 2.31. The molecule has 152 valence electrons. The number of hydrogen-bond acceptors (Lipinski definition) is 7. The Balaban J connectivity index is 2.14. The molecule has 0 bridgehead atoms. The van der Waals surface area contributed by atoms with Crippen molar-refractivity contribution in [2.75, 3.05) is 20.8 Å². The molecule has 0 aliphatic heterocycles. The van der Waals surface area contributed by atoms with Gasteiger partial charge in [-0.3, -0.25) is 4.79 Å². The van der Waals surface area contributed by atoms with Crippen LogP contribution in [0.2, 0.25) is 0 Å². The lowest BCUT2D eigenvalue weighted by Crippen LogP contribution is -2.45. The van der Waals surface area contributed by atoms with Gasteiger partial charge in [0.05, 0.1) is 18.7 Å². The molecule has 1 amide bonds. The van der Waals surface area contributed by atoms with Crippen molar-refractivity contribution in [1.29, 1.82) is 5.26 Å². The molecule has 1 aromatic rings. The van der Waals surface area contributed by atoms with Gasteiger partial charge in [0.2, 0.25) is 10.0 Å². The van der Waals surface area contributed by atoms with Crippen molar-refractivity contribution in [2.24, 2.45) is 0 Å². The predicted molar refractivity (Wildman–Crippen MR) is 99.1 cm³/mol. The molecule has 1 saturated carbocycles. The number of methoxy groups -OCH3 is 1. The Bertz CT molecular complexity index is 916. The van der Waals surface area contributed by atoms with Crippen LogP contribution in [0.5, 0.6) is 5.75 Å². The predicted octanol–water partition coefficient (Wildman–Crippen LogP) is 1.05. The van der Waals surface area contributed by atoms with Gasteiger partial charge >= 0.3 is 5.97 Å². The third-order valence-electron chi connectivity index (χ3n) is 4.40. The molecule has 1 N–H and O–H groups in total. The molecule has 0 unspecified atom stereocenters. The van der Waals surface area contributed by atoms with E-state index in [1.54, 1.807) is 13.8 Å². The van der Waals surface area contributed by atoms with E-state index in [1.807, 2.05) is 6.07 Å². The van der Waals surface area contributed by atoms with E-state index < -0.39 is 34.0 Å². The van der Waals surface area contributed by atoms with Crippen molar-refractivity contribution in [3.05, 3.63) is 23.8 Å². The minimum absolute atomic E-state index is 0.0352. The number of nitrogens with one attached hydrogen (secondary N) is 1. The standard InChI is InChI=1S/C18H23N3O6S/c1-18(2,11-19)21(3)16(22)10-27-17(23)12-5-8-14(26-4)15(9-12)28(24,25)20-13-6-7-13/h5,8-9,13,20H,6-7,10H2,1-4H3. The van der Waals surface area contributed by atoms with Crippen LogP contribution in [0.3, 0.4) is 0 Å². The summed E-state index contributed by atoms with van der Waals surface area (Å²) in [5.74, 6) is -1.32. The van der Waals surface area contributed by atoms with Crippen LogP contribution in [-0.4, -0.2) is 57.5 Å². The third-order valence-corrected chi connectivity index (χ3v) is 5.94. The lowest BCUT2D eigenvalue weighted by Gasteiger charge is -2.28. The Hall–Kier alpha value is -2.64. The fourth-order valence-corrected chi connectivity index (χ4v) is 3.69. The summed E-state index contributed by atoms with van der Waals surface area (Å²) in [6.45, 7) is 2.54. The Morgan fingerprint density at radius 1 is 1.36 bits per heavy atom. The summed E-state index contributed by atoms with van der Waals surface area (Å²) in [6, 6.07) is 5.72. The van der Waals surface area contributed by atoms with Crippen LogP contribution in [0, 0.1) is 11.3 Å². The molecule has 28 heavy (non-hydrogen) atoms. The molecule has 1 fully saturated rings. The number of ether oxygens (including phenoxy) is 2. The third kappa shape index (κ3) is 4.99. The van der Waals surface area contributed by atoms with Gasteiger partial charge < -0.3 is 14.4 Å². The largest absolute Gasteiger partial charge is 0.495 e. The van der Waals surface area contributed by atoms with E-state index in [9.17, 15) is 18.0 Å². The normalized spacial score (nSPS) is 14.1. The second kappa shape index (κ2) is 8.16. The molecular formula is C18H23N3O6S. The van der Waals surface area contributed by atoms with Crippen molar-refractivity contribution in [2.45, 2.75) is 43.2 Å². The zero-order valence-electron chi connectivity index (χ0n) is 16.2. The quantitative estimate of drug-likeness (QED) is 0.636. The van der Waals surface area contributed by atoms with Gasteiger partial charge in [-0.1, -0.05) is 0 Å². The number of hydrogen-bond donors (Lipinski definition) is 1. The van der Waals surface area contributed by atoms with Crippen LogP contribution in [0.25, 0.3) is 0 Å². The lowest BCUT2D eigenvalue weighted by atomic mass is 10.1. The number of carbonyl (C=O) groups is 2. The van der Waals surface area contributed by atoms with Gasteiger partial charge in [-0.15, -0.1) is 0 Å². The molecule has 1 aromatic carbocycles. The number of sulfonamides is 1. The summed E-state index contributed by atoms with van der Waals surface area (Å²) < 4.78 is 37.6. The molecule has 1 aliphatic carbocycles. The first-order chi connectivity index (χ1) is 13.0.